The van der Waals surface area contributed by atoms with Crippen LogP contribution in [0.5, 0.6) is 0 Å². The molecule has 1 amide bonds. The Kier molecular flexibility index (Phi) is 3.09. The van der Waals surface area contributed by atoms with E-state index in [2.05, 4.69) is 10.3 Å². The minimum absolute atomic E-state index is 0.0332. The van der Waals surface area contributed by atoms with E-state index in [1.165, 1.54) is 19.3 Å². The topological polar surface area (TPSA) is 55.1 Å². The van der Waals surface area contributed by atoms with Gasteiger partial charge in [0.25, 0.3) is 0 Å². The Morgan fingerprint density at radius 1 is 1.29 bits per heavy atom. The zero-order valence-corrected chi connectivity index (χ0v) is 12.7. The van der Waals surface area contributed by atoms with E-state index in [4.69, 9.17) is 4.42 Å². The normalized spacial score (nSPS) is 36.9. The Morgan fingerprint density at radius 2 is 1.90 bits per heavy atom. The number of carbonyl (C=O) groups excluding carboxylic acids is 1. The Labute approximate surface area is 125 Å². The van der Waals surface area contributed by atoms with Gasteiger partial charge in [0, 0.05) is 25.3 Å². The summed E-state index contributed by atoms with van der Waals surface area (Å²) in [6.45, 7) is 2.52. The summed E-state index contributed by atoms with van der Waals surface area (Å²) in [7, 11) is 0. The number of rotatable bonds is 4. The minimum atomic E-state index is -0.0332. The molecule has 5 rings (SSSR count). The van der Waals surface area contributed by atoms with E-state index in [1.54, 1.807) is 6.26 Å². The summed E-state index contributed by atoms with van der Waals surface area (Å²) in [6.07, 6.45) is 9.98. The number of aromatic nitrogens is 1. The van der Waals surface area contributed by atoms with Crippen LogP contribution >= 0.6 is 0 Å². The summed E-state index contributed by atoms with van der Waals surface area (Å²) < 4.78 is 5.20. The molecule has 4 saturated carbocycles. The second-order valence-electron chi connectivity index (χ2n) is 7.56. The van der Waals surface area contributed by atoms with Crippen LogP contribution in [0.25, 0.3) is 0 Å². The van der Waals surface area contributed by atoms with Gasteiger partial charge in [0.2, 0.25) is 5.91 Å². The summed E-state index contributed by atoms with van der Waals surface area (Å²) in [5.74, 6) is 3.46. The Bertz CT molecular complexity index is 513. The van der Waals surface area contributed by atoms with Crippen molar-refractivity contribution in [2.45, 2.75) is 51.9 Å². The third-order valence-electron chi connectivity index (χ3n) is 5.85. The second-order valence-corrected chi connectivity index (χ2v) is 7.56. The highest BCUT2D eigenvalue weighted by atomic mass is 16.3. The molecule has 114 valence electrons. The Hall–Kier alpha value is -1.32. The maximum atomic E-state index is 12.7. The molecule has 4 aliphatic rings. The van der Waals surface area contributed by atoms with E-state index in [1.807, 2.05) is 6.92 Å². The maximum absolute atomic E-state index is 12.7. The summed E-state index contributed by atoms with van der Waals surface area (Å²) in [4.78, 5) is 17.0. The molecule has 1 N–H and O–H groups in total. The van der Waals surface area contributed by atoms with E-state index in [9.17, 15) is 4.79 Å². The molecular weight excluding hydrogens is 264 g/mol. The summed E-state index contributed by atoms with van der Waals surface area (Å²) >= 11 is 0. The predicted molar refractivity (Wildman–Crippen MR) is 78.6 cm³/mol. The standard InChI is InChI=1S/C17H24N2O2/c1-11-19-15(10-21-11)2-3-18-16(20)17-7-12-4-13(8-17)6-14(5-12)9-17/h10,12-14H,2-9H2,1H3,(H,18,20). The molecule has 4 nitrogen and oxygen atoms in total. The van der Waals surface area contributed by atoms with Crippen LogP contribution in [-0.4, -0.2) is 17.4 Å². The fraction of sp³-hybridized carbons (Fsp3) is 0.765. The van der Waals surface area contributed by atoms with Crippen LogP contribution in [0.3, 0.4) is 0 Å². The highest BCUT2D eigenvalue weighted by Gasteiger charge is 2.54. The third-order valence-corrected chi connectivity index (χ3v) is 5.85. The minimum Gasteiger partial charge on any atom is -0.449 e. The third kappa shape index (κ3) is 2.39. The summed E-state index contributed by atoms with van der Waals surface area (Å²) in [5, 5.41) is 3.18. The lowest BCUT2D eigenvalue weighted by atomic mass is 9.49. The zero-order valence-electron chi connectivity index (χ0n) is 12.7. The molecule has 0 aliphatic heterocycles. The van der Waals surface area contributed by atoms with Crippen LogP contribution in [0.2, 0.25) is 0 Å². The van der Waals surface area contributed by atoms with Crippen molar-refractivity contribution >= 4 is 5.91 Å². The molecule has 1 aromatic rings. The first kappa shape index (κ1) is 13.4. The van der Waals surface area contributed by atoms with Gasteiger partial charge in [0.05, 0.1) is 5.69 Å². The summed E-state index contributed by atoms with van der Waals surface area (Å²) in [5.41, 5.74) is 0.896. The molecule has 0 aromatic carbocycles. The number of hydrogen-bond donors (Lipinski definition) is 1. The molecule has 1 heterocycles. The van der Waals surface area contributed by atoms with Gasteiger partial charge in [-0.05, 0) is 56.3 Å². The van der Waals surface area contributed by atoms with Crippen molar-refractivity contribution in [3.05, 3.63) is 17.8 Å². The van der Waals surface area contributed by atoms with Gasteiger partial charge >= 0.3 is 0 Å². The first-order valence-electron chi connectivity index (χ1n) is 8.32. The number of carbonyl (C=O) groups is 1. The number of oxazole rings is 1. The SMILES string of the molecule is Cc1nc(CCNC(=O)C23CC4CC(CC(C4)C2)C3)co1. The number of nitrogens with one attached hydrogen (secondary N) is 1. The van der Waals surface area contributed by atoms with Crippen LogP contribution in [-0.2, 0) is 11.2 Å². The van der Waals surface area contributed by atoms with Gasteiger partial charge in [0.1, 0.15) is 6.26 Å². The van der Waals surface area contributed by atoms with Crippen LogP contribution in [0, 0.1) is 30.1 Å². The molecule has 1 aromatic heterocycles. The lowest BCUT2D eigenvalue weighted by molar-refractivity contribution is -0.146. The number of amides is 1. The average molecular weight is 288 g/mol. The van der Waals surface area contributed by atoms with Crippen molar-refractivity contribution in [3.63, 3.8) is 0 Å². The number of aryl methyl sites for hydroxylation is 1. The molecule has 0 atom stereocenters. The monoisotopic (exact) mass is 288 g/mol. The molecule has 0 saturated heterocycles. The zero-order chi connectivity index (χ0) is 14.4. The van der Waals surface area contributed by atoms with E-state index < -0.39 is 0 Å². The highest BCUT2D eigenvalue weighted by molar-refractivity contribution is 5.83. The lowest BCUT2D eigenvalue weighted by Crippen LogP contribution is -2.53. The van der Waals surface area contributed by atoms with Crippen molar-refractivity contribution in [2.24, 2.45) is 23.2 Å². The predicted octanol–water partition coefficient (Wildman–Crippen LogP) is 2.86. The summed E-state index contributed by atoms with van der Waals surface area (Å²) in [6, 6.07) is 0. The number of nitrogens with zero attached hydrogens (tertiary/aromatic N) is 1. The van der Waals surface area contributed by atoms with Crippen LogP contribution in [0.15, 0.2) is 10.7 Å². The van der Waals surface area contributed by atoms with Gasteiger partial charge in [-0.2, -0.15) is 0 Å². The van der Waals surface area contributed by atoms with Crippen molar-refractivity contribution in [1.29, 1.82) is 0 Å². The number of hydrogen-bond acceptors (Lipinski definition) is 3. The van der Waals surface area contributed by atoms with Gasteiger partial charge in [-0.1, -0.05) is 0 Å². The largest absolute Gasteiger partial charge is 0.449 e. The molecule has 0 unspecified atom stereocenters. The lowest BCUT2D eigenvalue weighted by Gasteiger charge is -2.55. The van der Waals surface area contributed by atoms with Crippen molar-refractivity contribution in [1.82, 2.24) is 10.3 Å². The van der Waals surface area contributed by atoms with Crippen molar-refractivity contribution < 1.29 is 9.21 Å². The molecule has 0 radical (unpaired) electrons. The smallest absolute Gasteiger partial charge is 0.226 e. The van der Waals surface area contributed by atoms with E-state index >= 15 is 0 Å². The van der Waals surface area contributed by atoms with Gasteiger partial charge in [-0.15, -0.1) is 0 Å². The fourth-order valence-electron chi connectivity index (χ4n) is 5.40. The van der Waals surface area contributed by atoms with Gasteiger partial charge in [0.15, 0.2) is 5.89 Å². The molecule has 0 spiro atoms. The molecular formula is C17H24N2O2. The maximum Gasteiger partial charge on any atom is 0.226 e. The fourth-order valence-corrected chi connectivity index (χ4v) is 5.40. The van der Waals surface area contributed by atoms with Gasteiger partial charge in [-0.3, -0.25) is 4.79 Å². The first-order valence-corrected chi connectivity index (χ1v) is 8.32. The molecule has 4 bridgehead atoms. The van der Waals surface area contributed by atoms with E-state index in [0.717, 1.165) is 49.1 Å². The highest BCUT2D eigenvalue weighted by Crippen LogP contribution is 2.60. The quantitative estimate of drug-likeness (QED) is 0.927. The van der Waals surface area contributed by atoms with Crippen LogP contribution < -0.4 is 5.32 Å². The molecule has 4 fully saturated rings. The van der Waals surface area contributed by atoms with Crippen molar-refractivity contribution in [2.75, 3.05) is 6.54 Å². The van der Waals surface area contributed by atoms with Gasteiger partial charge in [-0.25, -0.2) is 4.98 Å². The van der Waals surface area contributed by atoms with Gasteiger partial charge < -0.3 is 9.73 Å². The van der Waals surface area contributed by atoms with Crippen LogP contribution in [0.1, 0.15) is 50.1 Å². The second kappa shape index (κ2) is 4.85. The molecule has 4 aliphatic carbocycles. The first-order chi connectivity index (χ1) is 10.1. The van der Waals surface area contributed by atoms with E-state index in [0.29, 0.717) is 18.3 Å². The molecule has 4 heteroatoms. The van der Waals surface area contributed by atoms with Crippen molar-refractivity contribution in [3.8, 4) is 0 Å². The average Bonchev–Trinajstić information content (AvgIpc) is 2.83. The Morgan fingerprint density at radius 3 is 2.43 bits per heavy atom. The molecule has 21 heavy (non-hydrogen) atoms. The van der Waals surface area contributed by atoms with E-state index in [-0.39, 0.29) is 5.41 Å². The van der Waals surface area contributed by atoms with Crippen LogP contribution in [0.4, 0.5) is 0 Å². The Balaban J connectivity index is 1.36.